The largest absolute Gasteiger partial charge is 0.425 e. The highest BCUT2D eigenvalue weighted by molar-refractivity contribution is 6.09. The highest BCUT2D eigenvalue weighted by atomic mass is 19.4. The topological polar surface area (TPSA) is 53.9 Å². The Morgan fingerprint density at radius 3 is 2.56 bits per heavy atom. The lowest BCUT2D eigenvalue weighted by molar-refractivity contribution is -0.242. The minimum Gasteiger partial charge on any atom is -0.381 e. The fourth-order valence-electron chi connectivity index (χ4n) is 2.93. The van der Waals surface area contributed by atoms with Gasteiger partial charge in [-0.3, -0.25) is 0 Å². The molecule has 3 rings (SSSR count). The molecule has 0 bridgehead atoms. The molecule has 0 aromatic heterocycles. The number of hydrogen-bond acceptors (Lipinski definition) is 4. The van der Waals surface area contributed by atoms with Crippen molar-refractivity contribution in [3.8, 4) is 0 Å². The number of benzene rings is 2. The van der Waals surface area contributed by atoms with Crippen molar-refractivity contribution in [2.24, 2.45) is 4.99 Å². The van der Waals surface area contributed by atoms with Crippen molar-refractivity contribution in [2.45, 2.75) is 11.8 Å². The van der Waals surface area contributed by atoms with Gasteiger partial charge in [0.1, 0.15) is 0 Å². The van der Waals surface area contributed by atoms with Gasteiger partial charge in [0, 0.05) is 24.9 Å². The van der Waals surface area contributed by atoms with E-state index in [0.29, 0.717) is 17.8 Å². The molecular formula is C20H19F3N2O2. The average Bonchev–Trinajstić information content (AvgIpc) is 2.66. The van der Waals surface area contributed by atoms with Gasteiger partial charge in [0.05, 0.1) is 18.0 Å². The van der Waals surface area contributed by atoms with Crippen LogP contribution in [0.5, 0.6) is 0 Å². The molecular weight excluding hydrogens is 357 g/mol. The van der Waals surface area contributed by atoms with Gasteiger partial charge in [0.2, 0.25) is 5.60 Å². The summed E-state index contributed by atoms with van der Waals surface area (Å²) < 4.78 is 46.2. The fourth-order valence-corrected chi connectivity index (χ4v) is 2.93. The number of aliphatic imine (C=N–C) groups is 1. The van der Waals surface area contributed by atoms with E-state index in [-0.39, 0.29) is 5.56 Å². The number of hydrogen-bond donors (Lipinski definition) is 2. The van der Waals surface area contributed by atoms with Gasteiger partial charge in [-0.05, 0) is 17.7 Å². The summed E-state index contributed by atoms with van der Waals surface area (Å²) in [5.41, 5.74) is -1.83. The third kappa shape index (κ3) is 3.74. The van der Waals surface area contributed by atoms with E-state index < -0.39 is 24.1 Å². The predicted molar refractivity (Wildman–Crippen MR) is 99.5 cm³/mol. The van der Waals surface area contributed by atoms with Crippen LogP contribution in [-0.2, 0) is 4.74 Å². The van der Waals surface area contributed by atoms with Crippen LogP contribution in [0.15, 0.2) is 59.6 Å². The monoisotopic (exact) mass is 376 g/mol. The second-order valence-corrected chi connectivity index (χ2v) is 6.14. The first-order valence-corrected chi connectivity index (χ1v) is 8.33. The van der Waals surface area contributed by atoms with Gasteiger partial charge >= 0.3 is 6.18 Å². The minimum atomic E-state index is -4.97. The maximum absolute atomic E-state index is 13.8. The Morgan fingerprint density at radius 1 is 1.15 bits per heavy atom. The van der Waals surface area contributed by atoms with E-state index in [2.05, 4.69) is 10.3 Å². The SMILES string of the molecule is COCC(O)(C(=Nc1cccc2c1C=CCN2)c1ccccc1)C(F)(F)F. The molecule has 0 fully saturated rings. The van der Waals surface area contributed by atoms with Crippen LogP contribution in [0.4, 0.5) is 24.5 Å². The molecule has 2 aromatic rings. The molecule has 1 aliphatic rings. The zero-order chi connectivity index (χ0) is 19.5. The molecule has 1 aliphatic heterocycles. The highest BCUT2D eigenvalue weighted by Crippen LogP contribution is 2.37. The van der Waals surface area contributed by atoms with Crippen LogP contribution >= 0.6 is 0 Å². The minimum absolute atomic E-state index is 0.166. The summed E-state index contributed by atoms with van der Waals surface area (Å²) >= 11 is 0. The first-order valence-electron chi connectivity index (χ1n) is 8.33. The molecule has 0 aliphatic carbocycles. The molecule has 0 amide bonds. The van der Waals surface area contributed by atoms with Gasteiger partial charge in [-0.15, -0.1) is 0 Å². The fraction of sp³-hybridized carbons (Fsp3) is 0.250. The van der Waals surface area contributed by atoms with Crippen LogP contribution in [0, 0.1) is 0 Å². The van der Waals surface area contributed by atoms with Crippen molar-refractivity contribution in [2.75, 3.05) is 25.6 Å². The first-order chi connectivity index (χ1) is 12.9. The molecule has 4 nitrogen and oxygen atoms in total. The van der Waals surface area contributed by atoms with Crippen LogP contribution in [0.25, 0.3) is 6.08 Å². The van der Waals surface area contributed by atoms with E-state index in [0.717, 1.165) is 12.8 Å². The Balaban J connectivity index is 2.24. The number of nitrogens with one attached hydrogen (secondary N) is 1. The normalized spacial score (nSPS) is 16.4. The predicted octanol–water partition coefficient (Wildman–Crippen LogP) is 4.19. The van der Waals surface area contributed by atoms with E-state index in [1.165, 1.54) is 12.1 Å². The Labute approximate surface area is 155 Å². The quantitative estimate of drug-likeness (QED) is 0.770. The Hall–Kier alpha value is -2.64. The van der Waals surface area contributed by atoms with Crippen molar-refractivity contribution in [3.63, 3.8) is 0 Å². The zero-order valence-electron chi connectivity index (χ0n) is 14.6. The summed E-state index contributed by atoms with van der Waals surface area (Å²) in [7, 11) is 1.11. The van der Waals surface area contributed by atoms with Crippen molar-refractivity contribution in [1.82, 2.24) is 0 Å². The van der Waals surface area contributed by atoms with Gasteiger partial charge in [0.25, 0.3) is 0 Å². The van der Waals surface area contributed by atoms with Crippen LogP contribution < -0.4 is 5.32 Å². The average molecular weight is 376 g/mol. The molecule has 0 saturated heterocycles. The van der Waals surface area contributed by atoms with Crippen molar-refractivity contribution >= 4 is 23.2 Å². The number of aliphatic hydroxyl groups is 1. The standard InChI is InChI=1S/C20H19F3N2O2/c1-27-13-19(26,20(21,22)23)18(14-7-3-2-4-8-14)25-17-11-5-10-16-15(17)9-6-12-24-16/h2-11,24,26H,12-13H2,1H3. The van der Waals surface area contributed by atoms with Gasteiger partial charge in [-0.1, -0.05) is 48.6 Å². The number of anilines is 1. The third-order valence-corrected chi connectivity index (χ3v) is 4.27. The Kier molecular flexibility index (Phi) is 5.34. The number of nitrogens with zero attached hydrogens (tertiary/aromatic N) is 1. The summed E-state index contributed by atoms with van der Waals surface area (Å²) in [4.78, 5) is 4.27. The molecule has 2 N–H and O–H groups in total. The van der Waals surface area contributed by atoms with Gasteiger partial charge in [-0.2, -0.15) is 13.2 Å². The van der Waals surface area contributed by atoms with Crippen LogP contribution in [-0.4, -0.2) is 42.9 Å². The molecule has 0 radical (unpaired) electrons. The number of alkyl halides is 3. The second kappa shape index (κ2) is 7.54. The van der Waals surface area contributed by atoms with Gasteiger partial charge in [-0.25, -0.2) is 4.99 Å². The molecule has 2 aromatic carbocycles. The highest BCUT2D eigenvalue weighted by Gasteiger charge is 2.58. The number of ether oxygens (including phenoxy) is 1. The van der Waals surface area contributed by atoms with Crippen molar-refractivity contribution in [1.29, 1.82) is 0 Å². The van der Waals surface area contributed by atoms with Crippen molar-refractivity contribution < 1.29 is 23.0 Å². The molecule has 142 valence electrons. The van der Waals surface area contributed by atoms with Crippen LogP contribution in [0.1, 0.15) is 11.1 Å². The maximum atomic E-state index is 13.8. The van der Waals surface area contributed by atoms with E-state index in [9.17, 15) is 18.3 Å². The second-order valence-electron chi connectivity index (χ2n) is 6.14. The number of methoxy groups -OCH3 is 1. The lowest BCUT2D eigenvalue weighted by Crippen LogP contribution is -2.55. The summed E-state index contributed by atoms with van der Waals surface area (Å²) in [6, 6.07) is 13.0. The van der Waals surface area contributed by atoms with E-state index in [1.807, 2.05) is 12.1 Å². The van der Waals surface area contributed by atoms with Crippen LogP contribution in [0.2, 0.25) is 0 Å². The number of halogens is 3. The molecule has 0 spiro atoms. The summed E-state index contributed by atoms with van der Waals surface area (Å²) in [6.07, 6.45) is -1.31. The smallest absolute Gasteiger partial charge is 0.381 e. The lowest BCUT2D eigenvalue weighted by Gasteiger charge is -2.31. The van der Waals surface area contributed by atoms with Gasteiger partial charge in [0.15, 0.2) is 0 Å². The Bertz CT molecular complexity index is 863. The molecule has 1 atom stereocenters. The van der Waals surface area contributed by atoms with Crippen LogP contribution in [0.3, 0.4) is 0 Å². The summed E-state index contributed by atoms with van der Waals surface area (Å²) in [5.74, 6) is 0. The molecule has 0 saturated carbocycles. The molecule has 1 heterocycles. The summed E-state index contributed by atoms with van der Waals surface area (Å²) in [5, 5.41) is 13.8. The van der Waals surface area contributed by atoms with Crippen molar-refractivity contribution in [3.05, 3.63) is 65.7 Å². The number of fused-ring (bicyclic) bond motifs is 1. The van der Waals surface area contributed by atoms with Gasteiger partial charge < -0.3 is 15.2 Å². The van der Waals surface area contributed by atoms with E-state index >= 15 is 0 Å². The zero-order valence-corrected chi connectivity index (χ0v) is 14.6. The summed E-state index contributed by atoms with van der Waals surface area (Å²) in [6.45, 7) is -0.338. The molecule has 27 heavy (non-hydrogen) atoms. The number of rotatable bonds is 5. The molecule has 1 unspecified atom stereocenters. The first kappa shape index (κ1) is 19.1. The van der Waals surface area contributed by atoms with E-state index in [1.54, 1.807) is 36.4 Å². The molecule has 7 heteroatoms. The van der Waals surface area contributed by atoms with E-state index in [4.69, 9.17) is 4.74 Å². The third-order valence-electron chi connectivity index (χ3n) is 4.27. The lowest BCUT2D eigenvalue weighted by atomic mass is 9.91. The maximum Gasteiger partial charge on any atom is 0.425 e. The Morgan fingerprint density at radius 2 is 1.89 bits per heavy atom.